The summed E-state index contributed by atoms with van der Waals surface area (Å²) in [6.45, 7) is 2.50. The number of amides is 1. The predicted octanol–water partition coefficient (Wildman–Crippen LogP) is 3.90. The number of para-hydroxylation sites is 1. The number of rotatable bonds is 8. The van der Waals surface area contributed by atoms with Crippen LogP contribution in [-0.2, 0) is 11.3 Å². The fraction of sp³-hybridized carbons (Fsp3) is 0.350. The molecular formula is C20H25NO3. The van der Waals surface area contributed by atoms with Crippen LogP contribution in [0, 0.1) is 0 Å². The van der Waals surface area contributed by atoms with E-state index in [0.717, 1.165) is 24.0 Å². The Balaban J connectivity index is 2.11. The Kier molecular flexibility index (Phi) is 6.67. The highest BCUT2D eigenvalue weighted by Crippen LogP contribution is 2.30. The molecule has 0 fully saturated rings. The summed E-state index contributed by atoms with van der Waals surface area (Å²) < 4.78 is 10.7. The highest BCUT2D eigenvalue weighted by atomic mass is 16.5. The minimum absolute atomic E-state index is 0.0351. The monoisotopic (exact) mass is 327 g/mol. The molecule has 1 amide bonds. The zero-order valence-corrected chi connectivity index (χ0v) is 14.5. The fourth-order valence-electron chi connectivity index (χ4n) is 2.82. The summed E-state index contributed by atoms with van der Waals surface area (Å²) in [5.41, 5.74) is 1.95. The Morgan fingerprint density at radius 1 is 1.04 bits per heavy atom. The maximum Gasteiger partial charge on any atom is 0.227 e. The molecule has 0 heterocycles. The van der Waals surface area contributed by atoms with Crippen LogP contribution in [0.3, 0.4) is 0 Å². The molecule has 4 nitrogen and oxygen atoms in total. The second-order valence-electron chi connectivity index (χ2n) is 5.62. The average Bonchev–Trinajstić information content (AvgIpc) is 2.64. The van der Waals surface area contributed by atoms with Gasteiger partial charge in [-0.05, 0) is 18.1 Å². The number of ether oxygens (including phenoxy) is 2. The van der Waals surface area contributed by atoms with E-state index in [2.05, 4.69) is 12.2 Å². The lowest BCUT2D eigenvalue weighted by atomic mass is 9.93. The summed E-state index contributed by atoms with van der Waals surface area (Å²) in [7, 11) is 3.21. The van der Waals surface area contributed by atoms with Crippen LogP contribution in [0.5, 0.6) is 11.5 Å². The van der Waals surface area contributed by atoms with Gasteiger partial charge in [-0.15, -0.1) is 0 Å². The van der Waals surface area contributed by atoms with E-state index in [0.29, 0.717) is 18.0 Å². The quantitative estimate of drug-likeness (QED) is 0.800. The molecule has 0 aliphatic carbocycles. The minimum Gasteiger partial charge on any atom is -0.493 e. The van der Waals surface area contributed by atoms with Gasteiger partial charge < -0.3 is 14.8 Å². The Labute approximate surface area is 143 Å². The Morgan fingerprint density at radius 2 is 1.79 bits per heavy atom. The smallest absolute Gasteiger partial charge is 0.227 e. The lowest BCUT2D eigenvalue weighted by Crippen LogP contribution is -2.29. The number of nitrogens with one attached hydrogen (secondary N) is 1. The average molecular weight is 327 g/mol. The van der Waals surface area contributed by atoms with Gasteiger partial charge in [-0.2, -0.15) is 0 Å². The summed E-state index contributed by atoms with van der Waals surface area (Å²) >= 11 is 0. The number of hydrogen-bond donors (Lipinski definition) is 1. The molecule has 0 radical (unpaired) electrons. The van der Waals surface area contributed by atoms with Crippen LogP contribution in [0.15, 0.2) is 48.5 Å². The Morgan fingerprint density at radius 3 is 2.42 bits per heavy atom. The summed E-state index contributed by atoms with van der Waals surface area (Å²) in [6, 6.07) is 15.6. The molecule has 1 N–H and O–H groups in total. The second-order valence-corrected chi connectivity index (χ2v) is 5.62. The molecule has 0 aromatic heterocycles. The predicted molar refractivity (Wildman–Crippen MR) is 95.5 cm³/mol. The first-order valence-corrected chi connectivity index (χ1v) is 8.23. The first-order chi connectivity index (χ1) is 11.7. The lowest BCUT2D eigenvalue weighted by molar-refractivity contribution is -0.122. The molecule has 2 rings (SSSR count). The summed E-state index contributed by atoms with van der Waals surface area (Å²) in [6.07, 6.45) is 1.78. The van der Waals surface area contributed by atoms with Gasteiger partial charge in [0.25, 0.3) is 0 Å². The van der Waals surface area contributed by atoms with Crippen molar-refractivity contribution < 1.29 is 14.3 Å². The van der Waals surface area contributed by atoms with Crippen LogP contribution >= 0.6 is 0 Å². The molecule has 24 heavy (non-hydrogen) atoms. The molecule has 0 aliphatic rings. The molecule has 0 saturated heterocycles. The van der Waals surface area contributed by atoms with E-state index in [1.807, 2.05) is 48.5 Å². The summed E-state index contributed by atoms with van der Waals surface area (Å²) in [5.74, 6) is 1.23. The van der Waals surface area contributed by atoms with Gasteiger partial charge in [-0.1, -0.05) is 55.8 Å². The topological polar surface area (TPSA) is 47.6 Å². The van der Waals surface area contributed by atoms with Gasteiger partial charge in [-0.25, -0.2) is 0 Å². The van der Waals surface area contributed by atoms with Gasteiger partial charge in [0, 0.05) is 12.1 Å². The van der Waals surface area contributed by atoms with Crippen LogP contribution in [0.2, 0.25) is 0 Å². The number of carbonyl (C=O) groups excluding carboxylic acids is 1. The standard InChI is InChI=1S/C20H25NO3/c1-4-9-17(15-10-6-5-7-11-15)20(22)21-14-16-12-8-13-18(23-2)19(16)24-3/h5-8,10-13,17H,4,9,14H2,1-3H3,(H,21,22). The van der Waals surface area contributed by atoms with E-state index < -0.39 is 0 Å². The lowest BCUT2D eigenvalue weighted by Gasteiger charge is -2.18. The van der Waals surface area contributed by atoms with Crippen molar-refractivity contribution in [3.8, 4) is 11.5 Å². The van der Waals surface area contributed by atoms with Gasteiger partial charge in [0.15, 0.2) is 11.5 Å². The first-order valence-electron chi connectivity index (χ1n) is 8.23. The van der Waals surface area contributed by atoms with Gasteiger partial charge in [0.1, 0.15) is 0 Å². The van der Waals surface area contributed by atoms with Crippen LogP contribution in [0.25, 0.3) is 0 Å². The molecule has 2 aromatic rings. The van der Waals surface area contributed by atoms with Crippen molar-refractivity contribution in [3.63, 3.8) is 0 Å². The zero-order chi connectivity index (χ0) is 17.4. The molecule has 1 atom stereocenters. The Hall–Kier alpha value is -2.49. The minimum atomic E-state index is -0.132. The third-order valence-electron chi connectivity index (χ3n) is 4.03. The van der Waals surface area contributed by atoms with E-state index >= 15 is 0 Å². The maximum absolute atomic E-state index is 12.7. The number of hydrogen-bond acceptors (Lipinski definition) is 3. The highest BCUT2D eigenvalue weighted by molar-refractivity contribution is 5.83. The maximum atomic E-state index is 12.7. The number of methoxy groups -OCH3 is 2. The van der Waals surface area contributed by atoms with Crippen LogP contribution in [0.4, 0.5) is 0 Å². The summed E-state index contributed by atoms with van der Waals surface area (Å²) in [4.78, 5) is 12.7. The van der Waals surface area contributed by atoms with Gasteiger partial charge >= 0.3 is 0 Å². The van der Waals surface area contributed by atoms with Crippen molar-refractivity contribution in [2.45, 2.75) is 32.2 Å². The van der Waals surface area contributed by atoms with Gasteiger partial charge in [0.2, 0.25) is 5.91 Å². The molecule has 2 aromatic carbocycles. The molecule has 0 spiro atoms. The van der Waals surface area contributed by atoms with E-state index in [1.54, 1.807) is 14.2 Å². The van der Waals surface area contributed by atoms with Gasteiger partial charge in [0.05, 0.1) is 20.1 Å². The molecular weight excluding hydrogens is 302 g/mol. The molecule has 0 aliphatic heterocycles. The number of carbonyl (C=O) groups is 1. The van der Waals surface area contributed by atoms with Crippen molar-refractivity contribution in [3.05, 3.63) is 59.7 Å². The van der Waals surface area contributed by atoms with Crippen LogP contribution < -0.4 is 14.8 Å². The van der Waals surface area contributed by atoms with Gasteiger partial charge in [-0.3, -0.25) is 4.79 Å². The largest absolute Gasteiger partial charge is 0.493 e. The van der Waals surface area contributed by atoms with E-state index in [9.17, 15) is 4.79 Å². The third-order valence-corrected chi connectivity index (χ3v) is 4.03. The second kappa shape index (κ2) is 8.96. The van der Waals surface area contributed by atoms with E-state index in [-0.39, 0.29) is 11.8 Å². The third kappa shape index (κ3) is 4.28. The number of benzene rings is 2. The van der Waals surface area contributed by atoms with Crippen molar-refractivity contribution in [2.24, 2.45) is 0 Å². The SMILES string of the molecule is CCCC(C(=O)NCc1cccc(OC)c1OC)c1ccccc1. The van der Waals surface area contributed by atoms with E-state index in [4.69, 9.17) is 9.47 Å². The molecule has 1 unspecified atom stereocenters. The molecule has 0 bridgehead atoms. The fourth-order valence-corrected chi connectivity index (χ4v) is 2.82. The van der Waals surface area contributed by atoms with Crippen LogP contribution in [0.1, 0.15) is 36.8 Å². The van der Waals surface area contributed by atoms with Crippen molar-refractivity contribution in [1.82, 2.24) is 5.32 Å². The summed E-state index contributed by atoms with van der Waals surface area (Å²) in [5, 5.41) is 3.03. The highest BCUT2D eigenvalue weighted by Gasteiger charge is 2.20. The first kappa shape index (κ1) is 17.9. The van der Waals surface area contributed by atoms with Crippen molar-refractivity contribution >= 4 is 5.91 Å². The zero-order valence-electron chi connectivity index (χ0n) is 14.5. The molecule has 0 saturated carbocycles. The Bertz CT molecular complexity index is 655. The molecule has 128 valence electrons. The van der Waals surface area contributed by atoms with Crippen molar-refractivity contribution in [1.29, 1.82) is 0 Å². The van der Waals surface area contributed by atoms with Crippen LogP contribution in [-0.4, -0.2) is 20.1 Å². The van der Waals surface area contributed by atoms with E-state index in [1.165, 1.54) is 0 Å². The van der Waals surface area contributed by atoms with Crippen molar-refractivity contribution in [2.75, 3.05) is 14.2 Å². The normalized spacial score (nSPS) is 11.6. The molecule has 4 heteroatoms.